The molecule has 2 N–H and O–H groups in total. The molecule has 3 aromatic rings. The fourth-order valence-corrected chi connectivity index (χ4v) is 3.03. The summed E-state index contributed by atoms with van der Waals surface area (Å²) in [6.07, 6.45) is -1.52. The van der Waals surface area contributed by atoms with Crippen LogP contribution >= 0.6 is 0 Å². The van der Waals surface area contributed by atoms with Gasteiger partial charge in [0.05, 0.1) is 17.6 Å². The van der Waals surface area contributed by atoms with E-state index in [2.05, 4.69) is 19.9 Å². The molecule has 2 aromatic heterocycles. The van der Waals surface area contributed by atoms with Crippen molar-refractivity contribution in [3.05, 3.63) is 41.9 Å². The minimum atomic E-state index is -4.76. The van der Waals surface area contributed by atoms with Gasteiger partial charge in [-0.25, -0.2) is 0 Å². The number of amides is 1. The van der Waals surface area contributed by atoms with Gasteiger partial charge in [-0.05, 0) is 31.0 Å². The maximum absolute atomic E-state index is 12.8. The lowest BCUT2D eigenvalue weighted by Crippen LogP contribution is -2.35. The molecule has 3 heterocycles. The first-order valence-corrected chi connectivity index (χ1v) is 7.63. The highest BCUT2D eigenvalue weighted by molar-refractivity contribution is 6.08. The minimum absolute atomic E-state index is 0.253. The maximum Gasteiger partial charge on any atom is 0.573 e. The first-order valence-electron chi connectivity index (χ1n) is 7.63. The van der Waals surface area contributed by atoms with Gasteiger partial charge in [0.25, 0.3) is 5.91 Å². The van der Waals surface area contributed by atoms with E-state index in [1.54, 1.807) is 17.2 Å². The maximum atomic E-state index is 12.8. The minimum Gasteiger partial charge on any atom is -0.406 e. The summed E-state index contributed by atoms with van der Waals surface area (Å²) < 4.78 is 40.9. The number of fused-ring (bicyclic) bond motifs is 2. The van der Waals surface area contributed by atoms with E-state index in [1.165, 1.54) is 18.2 Å². The topological polar surface area (TPSA) is 74.0 Å². The van der Waals surface area contributed by atoms with E-state index in [1.807, 2.05) is 0 Å². The van der Waals surface area contributed by atoms with Crippen LogP contribution in [0.25, 0.3) is 10.9 Å². The molecule has 0 atom stereocenters. The smallest absolute Gasteiger partial charge is 0.406 e. The van der Waals surface area contributed by atoms with Crippen molar-refractivity contribution in [2.24, 2.45) is 0 Å². The second kappa shape index (κ2) is 5.54. The summed E-state index contributed by atoms with van der Waals surface area (Å²) in [6.45, 7) is 0.559. The van der Waals surface area contributed by atoms with Gasteiger partial charge in [-0.1, -0.05) is 0 Å². The van der Waals surface area contributed by atoms with Gasteiger partial charge in [0, 0.05) is 23.5 Å². The Morgan fingerprint density at radius 3 is 2.92 bits per heavy atom. The number of rotatable bonds is 2. The second-order valence-corrected chi connectivity index (χ2v) is 5.77. The van der Waals surface area contributed by atoms with Gasteiger partial charge in [0.2, 0.25) is 0 Å². The number of alkyl halides is 3. The molecule has 0 saturated carbocycles. The molecule has 1 aliphatic heterocycles. The van der Waals surface area contributed by atoms with Gasteiger partial charge in [-0.3, -0.25) is 9.89 Å². The van der Waals surface area contributed by atoms with E-state index in [9.17, 15) is 18.0 Å². The summed E-state index contributed by atoms with van der Waals surface area (Å²) in [5.74, 6) is -0.590. The first kappa shape index (κ1) is 15.6. The zero-order valence-corrected chi connectivity index (χ0v) is 12.9. The Morgan fingerprint density at radius 2 is 2.12 bits per heavy atom. The van der Waals surface area contributed by atoms with Crippen LogP contribution in [0, 0.1) is 0 Å². The largest absolute Gasteiger partial charge is 0.573 e. The van der Waals surface area contributed by atoms with Gasteiger partial charge >= 0.3 is 6.36 Å². The molecule has 0 spiro atoms. The number of nitrogens with zero attached hydrogens (tertiary/aromatic N) is 2. The highest BCUT2D eigenvalue weighted by atomic mass is 19.4. The summed E-state index contributed by atoms with van der Waals surface area (Å²) in [5.41, 5.74) is 2.33. The Balaban J connectivity index is 1.65. The number of aromatic amines is 2. The van der Waals surface area contributed by atoms with E-state index < -0.39 is 6.36 Å². The predicted octanol–water partition coefficient (Wildman–Crippen LogP) is 3.38. The average molecular weight is 350 g/mol. The summed E-state index contributed by atoms with van der Waals surface area (Å²) in [4.78, 5) is 17.3. The number of aryl methyl sites for hydroxylation is 1. The van der Waals surface area contributed by atoms with Crippen molar-refractivity contribution in [3.8, 4) is 5.75 Å². The zero-order chi connectivity index (χ0) is 17.6. The Kier molecular flexibility index (Phi) is 3.45. The molecule has 0 fully saturated rings. The van der Waals surface area contributed by atoms with E-state index in [0.717, 1.165) is 24.2 Å². The number of carbonyl (C=O) groups is 1. The molecule has 0 aliphatic carbocycles. The van der Waals surface area contributed by atoms with Crippen LogP contribution in [0.1, 0.15) is 22.6 Å². The third kappa shape index (κ3) is 2.92. The van der Waals surface area contributed by atoms with E-state index in [0.29, 0.717) is 23.1 Å². The summed E-state index contributed by atoms with van der Waals surface area (Å²) >= 11 is 0. The number of hydrogen-bond donors (Lipinski definition) is 2. The molecule has 9 heteroatoms. The summed E-state index contributed by atoms with van der Waals surface area (Å²) in [6, 6.07) is 5.53. The molecule has 25 heavy (non-hydrogen) atoms. The fraction of sp³-hybridized carbons (Fsp3) is 0.250. The third-order valence-corrected chi connectivity index (χ3v) is 4.10. The molecule has 0 unspecified atom stereocenters. The molecule has 0 saturated heterocycles. The van der Waals surface area contributed by atoms with E-state index in [-0.39, 0.29) is 11.7 Å². The van der Waals surface area contributed by atoms with Crippen molar-refractivity contribution < 1.29 is 22.7 Å². The molecule has 130 valence electrons. The number of carbonyl (C=O) groups excluding carboxylic acids is 1. The summed E-state index contributed by atoms with van der Waals surface area (Å²) in [7, 11) is 0. The quantitative estimate of drug-likeness (QED) is 0.744. The number of H-pyrrole nitrogens is 2. The molecule has 1 aromatic carbocycles. The van der Waals surface area contributed by atoms with Crippen molar-refractivity contribution in [2.75, 3.05) is 11.4 Å². The van der Waals surface area contributed by atoms with Crippen LogP contribution in [0.2, 0.25) is 0 Å². The average Bonchev–Trinajstić information content (AvgIpc) is 3.18. The number of aromatic nitrogens is 3. The molecule has 0 bridgehead atoms. The van der Waals surface area contributed by atoms with Gasteiger partial charge in [0.1, 0.15) is 11.4 Å². The van der Waals surface area contributed by atoms with Gasteiger partial charge in [-0.15, -0.1) is 13.2 Å². The molecule has 1 aliphatic rings. The van der Waals surface area contributed by atoms with E-state index in [4.69, 9.17) is 0 Å². The molecule has 6 nitrogen and oxygen atoms in total. The Labute approximate surface area is 139 Å². The van der Waals surface area contributed by atoms with E-state index >= 15 is 0 Å². The highest BCUT2D eigenvalue weighted by Crippen LogP contribution is 2.29. The van der Waals surface area contributed by atoms with Crippen LogP contribution < -0.4 is 9.64 Å². The first-order chi connectivity index (χ1) is 11.9. The Morgan fingerprint density at radius 1 is 1.28 bits per heavy atom. The lowest BCUT2D eigenvalue weighted by atomic mass is 10.1. The second-order valence-electron chi connectivity index (χ2n) is 5.77. The standard InChI is InChI=1S/C16H13F3N4O2/c17-16(18,19)25-10-4-3-9-6-13(21-12(9)7-10)15(24)23-5-1-2-11-14(23)8-20-22-11/h3-4,6-8,21H,1-2,5H2,(H,20,22). The molecular formula is C16H13F3N4O2. The Bertz CT molecular complexity index is 944. The van der Waals surface area contributed by atoms with Crippen molar-refractivity contribution >= 4 is 22.5 Å². The van der Waals surface area contributed by atoms with Gasteiger partial charge in [0.15, 0.2) is 0 Å². The Hall–Kier alpha value is -2.97. The van der Waals surface area contributed by atoms with Crippen LogP contribution in [0.3, 0.4) is 0 Å². The van der Waals surface area contributed by atoms with Crippen LogP contribution in [0.5, 0.6) is 5.75 Å². The number of hydrogen-bond acceptors (Lipinski definition) is 3. The van der Waals surface area contributed by atoms with Crippen molar-refractivity contribution in [1.82, 2.24) is 15.2 Å². The van der Waals surface area contributed by atoms with Crippen LogP contribution in [0.4, 0.5) is 18.9 Å². The summed E-state index contributed by atoms with van der Waals surface area (Å²) in [5, 5.41) is 7.47. The lowest BCUT2D eigenvalue weighted by Gasteiger charge is -2.25. The van der Waals surface area contributed by atoms with Crippen molar-refractivity contribution in [3.63, 3.8) is 0 Å². The van der Waals surface area contributed by atoms with Gasteiger partial charge in [-0.2, -0.15) is 5.10 Å². The molecular weight excluding hydrogens is 337 g/mol. The third-order valence-electron chi connectivity index (χ3n) is 4.10. The van der Waals surface area contributed by atoms with Crippen LogP contribution in [0.15, 0.2) is 30.5 Å². The van der Waals surface area contributed by atoms with Gasteiger partial charge < -0.3 is 14.6 Å². The number of anilines is 1. The number of ether oxygens (including phenoxy) is 1. The monoisotopic (exact) mass is 350 g/mol. The van der Waals surface area contributed by atoms with Crippen molar-refractivity contribution in [1.29, 1.82) is 0 Å². The number of nitrogens with one attached hydrogen (secondary N) is 2. The van der Waals surface area contributed by atoms with Crippen LogP contribution in [-0.4, -0.2) is 34.0 Å². The van der Waals surface area contributed by atoms with Crippen molar-refractivity contribution in [2.45, 2.75) is 19.2 Å². The fourth-order valence-electron chi connectivity index (χ4n) is 3.03. The molecule has 1 amide bonds. The number of halogens is 3. The normalized spacial score (nSPS) is 14.6. The lowest BCUT2D eigenvalue weighted by molar-refractivity contribution is -0.274. The number of benzene rings is 1. The highest BCUT2D eigenvalue weighted by Gasteiger charge is 2.31. The zero-order valence-electron chi connectivity index (χ0n) is 12.9. The predicted molar refractivity (Wildman–Crippen MR) is 83.6 cm³/mol. The SMILES string of the molecule is O=C(c1cc2ccc(OC(F)(F)F)cc2[nH]1)N1CCCc2[nH]ncc21. The molecule has 0 radical (unpaired) electrons. The van der Waals surface area contributed by atoms with Crippen LogP contribution in [-0.2, 0) is 6.42 Å². The molecule has 4 rings (SSSR count).